The summed E-state index contributed by atoms with van der Waals surface area (Å²) in [6.07, 6.45) is 1.78. The van der Waals surface area contributed by atoms with Crippen molar-refractivity contribution in [3.05, 3.63) is 90.6 Å². The third-order valence-corrected chi connectivity index (χ3v) is 4.51. The maximum absolute atomic E-state index is 4.58. The lowest BCUT2D eigenvalue weighted by Gasteiger charge is -2.21. The zero-order chi connectivity index (χ0) is 18.6. The van der Waals surface area contributed by atoms with E-state index in [0.29, 0.717) is 0 Å². The fourth-order valence-electron chi connectivity index (χ4n) is 3.06. The summed E-state index contributed by atoms with van der Waals surface area (Å²) < 4.78 is 0. The predicted molar refractivity (Wildman–Crippen MR) is 112 cm³/mol. The van der Waals surface area contributed by atoms with Gasteiger partial charge in [-0.05, 0) is 48.9 Å². The summed E-state index contributed by atoms with van der Waals surface area (Å²) in [5, 5.41) is 10.2. The smallest absolute Gasteiger partial charge is 0.112 e. The second-order valence-corrected chi connectivity index (χ2v) is 6.44. The lowest BCUT2D eigenvalue weighted by molar-refractivity contribution is 1.16. The highest BCUT2D eigenvalue weighted by Gasteiger charge is 2.10. The molecule has 0 N–H and O–H groups in total. The number of aromatic nitrogens is 1. The Morgan fingerprint density at radius 2 is 1.56 bits per heavy atom. The van der Waals surface area contributed by atoms with Gasteiger partial charge in [-0.1, -0.05) is 42.5 Å². The van der Waals surface area contributed by atoms with Gasteiger partial charge in [-0.2, -0.15) is 0 Å². The van der Waals surface area contributed by atoms with Crippen molar-refractivity contribution < 1.29 is 0 Å². The van der Waals surface area contributed by atoms with Gasteiger partial charge in [0, 0.05) is 24.3 Å². The van der Waals surface area contributed by atoms with Gasteiger partial charge in [0.05, 0.1) is 11.2 Å². The van der Waals surface area contributed by atoms with E-state index in [2.05, 4.69) is 57.4 Å². The Balaban J connectivity index is 1.75. The molecule has 132 valence electrons. The van der Waals surface area contributed by atoms with Gasteiger partial charge in [-0.25, -0.2) is 0 Å². The molecular formula is C23H20N4. The zero-order valence-corrected chi connectivity index (χ0v) is 15.4. The average Bonchev–Trinajstić information content (AvgIpc) is 2.72. The molecule has 4 heteroatoms. The molecule has 0 radical (unpaired) electrons. The van der Waals surface area contributed by atoms with Crippen LogP contribution in [0.2, 0.25) is 0 Å². The largest absolute Gasteiger partial charge is 0.343 e. The summed E-state index contributed by atoms with van der Waals surface area (Å²) in [7, 11) is 2.04. The van der Waals surface area contributed by atoms with Crippen LogP contribution in [0.5, 0.6) is 0 Å². The van der Waals surface area contributed by atoms with Crippen LogP contribution in [0.3, 0.4) is 0 Å². The van der Waals surface area contributed by atoms with Crippen molar-refractivity contribution in [2.45, 2.75) is 6.92 Å². The SMILES string of the molecule is Cc1ccc(N(C)c2ccccc2)c(N=Nc2cccc3cccnc23)c1. The molecule has 1 heterocycles. The molecule has 0 aliphatic heterocycles. The Bertz CT molecular complexity index is 1100. The molecule has 1 aromatic heterocycles. The van der Waals surface area contributed by atoms with Gasteiger partial charge >= 0.3 is 0 Å². The van der Waals surface area contributed by atoms with E-state index < -0.39 is 0 Å². The second kappa shape index (κ2) is 7.38. The summed E-state index contributed by atoms with van der Waals surface area (Å²) in [5.74, 6) is 0. The van der Waals surface area contributed by atoms with E-state index in [1.165, 1.54) is 0 Å². The Morgan fingerprint density at radius 1 is 0.778 bits per heavy atom. The van der Waals surface area contributed by atoms with Crippen LogP contribution in [0.15, 0.2) is 95.3 Å². The van der Waals surface area contributed by atoms with Crippen molar-refractivity contribution in [1.29, 1.82) is 0 Å². The van der Waals surface area contributed by atoms with Crippen molar-refractivity contribution in [2.75, 3.05) is 11.9 Å². The van der Waals surface area contributed by atoms with E-state index in [-0.39, 0.29) is 0 Å². The molecular weight excluding hydrogens is 332 g/mol. The number of benzene rings is 3. The number of hydrogen-bond donors (Lipinski definition) is 0. The highest BCUT2D eigenvalue weighted by atomic mass is 15.2. The Kier molecular flexibility index (Phi) is 4.62. The Morgan fingerprint density at radius 3 is 2.41 bits per heavy atom. The number of anilines is 2. The third-order valence-electron chi connectivity index (χ3n) is 4.51. The molecule has 0 saturated carbocycles. The molecule has 0 unspecified atom stereocenters. The van der Waals surface area contributed by atoms with Crippen LogP contribution in [-0.4, -0.2) is 12.0 Å². The number of nitrogens with zero attached hydrogens (tertiary/aromatic N) is 4. The summed E-state index contributed by atoms with van der Waals surface area (Å²) in [6, 6.07) is 26.4. The molecule has 3 aromatic carbocycles. The maximum Gasteiger partial charge on any atom is 0.112 e. The first-order valence-electron chi connectivity index (χ1n) is 8.87. The van der Waals surface area contributed by atoms with Crippen LogP contribution in [0.1, 0.15) is 5.56 Å². The van der Waals surface area contributed by atoms with Gasteiger partial charge in [0.15, 0.2) is 0 Å². The minimum atomic E-state index is 0.767. The fourth-order valence-corrected chi connectivity index (χ4v) is 3.06. The highest BCUT2D eigenvalue weighted by Crippen LogP contribution is 2.35. The van der Waals surface area contributed by atoms with Gasteiger partial charge in [-0.15, -0.1) is 10.2 Å². The van der Waals surface area contributed by atoms with Gasteiger partial charge < -0.3 is 4.90 Å². The lowest BCUT2D eigenvalue weighted by Crippen LogP contribution is -2.09. The summed E-state index contributed by atoms with van der Waals surface area (Å²) >= 11 is 0. The van der Waals surface area contributed by atoms with E-state index in [9.17, 15) is 0 Å². The van der Waals surface area contributed by atoms with E-state index in [1.807, 2.05) is 55.6 Å². The van der Waals surface area contributed by atoms with Crippen molar-refractivity contribution in [1.82, 2.24) is 4.98 Å². The fraction of sp³-hybridized carbons (Fsp3) is 0.0870. The topological polar surface area (TPSA) is 40.9 Å². The maximum atomic E-state index is 4.58. The number of fused-ring (bicyclic) bond motifs is 1. The van der Waals surface area contributed by atoms with Crippen LogP contribution in [0.25, 0.3) is 10.9 Å². The van der Waals surface area contributed by atoms with Crippen molar-refractivity contribution in [3.8, 4) is 0 Å². The zero-order valence-electron chi connectivity index (χ0n) is 15.4. The molecule has 0 spiro atoms. The highest BCUT2D eigenvalue weighted by molar-refractivity contribution is 5.88. The molecule has 0 bridgehead atoms. The molecule has 4 aromatic rings. The molecule has 0 saturated heterocycles. The van der Waals surface area contributed by atoms with E-state index in [4.69, 9.17) is 0 Å². The normalized spacial score (nSPS) is 11.2. The first-order valence-corrected chi connectivity index (χ1v) is 8.87. The van der Waals surface area contributed by atoms with Gasteiger partial charge in [0.2, 0.25) is 0 Å². The number of azo groups is 1. The number of hydrogen-bond acceptors (Lipinski definition) is 4. The molecule has 0 atom stereocenters. The number of rotatable bonds is 4. The predicted octanol–water partition coefficient (Wildman–Crippen LogP) is 6.73. The Hall–Kier alpha value is -3.53. The minimum Gasteiger partial charge on any atom is -0.343 e. The summed E-state index contributed by atoms with van der Waals surface area (Å²) in [4.78, 5) is 6.57. The molecule has 0 fully saturated rings. The molecule has 0 aliphatic carbocycles. The molecule has 4 nitrogen and oxygen atoms in total. The number of para-hydroxylation sites is 2. The van der Waals surface area contributed by atoms with Crippen LogP contribution in [0.4, 0.5) is 22.7 Å². The van der Waals surface area contributed by atoms with Gasteiger partial charge in [-0.3, -0.25) is 4.98 Å². The quantitative estimate of drug-likeness (QED) is 0.382. The summed E-state index contributed by atoms with van der Waals surface area (Å²) in [5.41, 5.74) is 5.70. The molecule has 0 amide bonds. The van der Waals surface area contributed by atoms with Gasteiger partial charge in [0.25, 0.3) is 0 Å². The molecule has 27 heavy (non-hydrogen) atoms. The summed E-state index contributed by atoms with van der Waals surface area (Å²) in [6.45, 7) is 2.06. The van der Waals surface area contributed by atoms with Crippen molar-refractivity contribution in [2.24, 2.45) is 10.2 Å². The first kappa shape index (κ1) is 16.9. The lowest BCUT2D eigenvalue weighted by atomic mass is 10.1. The number of pyridine rings is 1. The van der Waals surface area contributed by atoms with Crippen LogP contribution in [0, 0.1) is 6.92 Å². The van der Waals surface area contributed by atoms with Crippen LogP contribution >= 0.6 is 0 Å². The Labute approximate surface area is 158 Å². The average molecular weight is 352 g/mol. The standard InChI is InChI=1S/C23H20N4/c1-17-13-14-22(27(2)19-10-4-3-5-11-19)21(16-17)26-25-20-12-6-8-18-9-7-15-24-23(18)20/h3-16H,1-2H3. The second-order valence-electron chi connectivity index (χ2n) is 6.44. The van der Waals surface area contributed by atoms with E-state index >= 15 is 0 Å². The van der Waals surface area contributed by atoms with Crippen molar-refractivity contribution in [3.63, 3.8) is 0 Å². The molecule has 0 aliphatic rings. The first-order chi connectivity index (χ1) is 13.2. The van der Waals surface area contributed by atoms with E-state index in [1.54, 1.807) is 6.20 Å². The molecule has 4 rings (SSSR count). The van der Waals surface area contributed by atoms with E-state index in [0.717, 1.165) is 39.2 Å². The van der Waals surface area contributed by atoms with Crippen LogP contribution < -0.4 is 4.90 Å². The third kappa shape index (κ3) is 3.55. The minimum absolute atomic E-state index is 0.767. The monoisotopic (exact) mass is 352 g/mol. The van der Waals surface area contributed by atoms with Gasteiger partial charge in [0.1, 0.15) is 11.4 Å². The number of aryl methyl sites for hydroxylation is 1. The van der Waals surface area contributed by atoms with Crippen molar-refractivity contribution >= 4 is 33.7 Å². The van der Waals surface area contributed by atoms with Crippen LogP contribution in [-0.2, 0) is 0 Å².